The number of sulfonamides is 1. The third kappa shape index (κ3) is 2.18. The largest absolute Gasteiger partial charge is 0.267 e. The summed E-state index contributed by atoms with van der Waals surface area (Å²) in [6, 6.07) is 16.7. The number of nitrogens with zero attached hydrogens (tertiary/aromatic N) is 2. The summed E-state index contributed by atoms with van der Waals surface area (Å²) in [5, 5.41) is 8.73. The Morgan fingerprint density at radius 1 is 1.05 bits per heavy atom. The Balaban J connectivity index is 1.84. The second-order valence-electron chi connectivity index (χ2n) is 4.27. The van der Waals surface area contributed by atoms with Crippen molar-refractivity contribution < 1.29 is 13.3 Å². The summed E-state index contributed by atoms with van der Waals surface area (Å²) in [6.45, 7) is 0. The molecule has 1 aliphatic rings. The minimum atomic E-state index is -3.63. The van der Waals surface area contributed by atoms with Crippen LogP contribution in [-0.2, 0) is 14.9 Å². The van der Waals surface area contributed by atoms with E-state index < -0.39 is 16.3 Å². The fourth-order valence-corrected chi connectivity index (χ4v) is 3.13. The fourth-order valence-electron chi connectivity index (χ4n) is 1.86. The van der Waals surface area contributed by atoms with Crippen molar-refractivity contribution in [2.75, 3.05) is 0 Å². The molecule has 6 heteroatoms. The van der Waals surface area contributed by atoms with Gasteiger partial charge in [-0.25, -0.2) is 8.42 Å². The van der Waals surface area contributed by atoms with E-state index in [2.05, 4.69) is 0 Å². The molecule has 20 heavy (non-hydrogen) atoms. The van der Waals surface area contributed by atoms with Crippen molar-refractivity contribution in [2.24, 2.45) is 0 Å². The van der Waals surface area contributed by atoms with Crippen molar-refractivity contribution >= 4 is 10.0 Å². The molecule has 0 aliphatic carbocycles. The van der Waals surface area contributed by atoms with Gasteiger partial charge in [-0.1, -0.05) is 30.3 Å². The summed E-state index contributed by atoms with van der Waals surface area (Å²) >= 11 is 0. The van der Waals surface area contributed by atoms with Gasteiger partial charge in [0.1, 0.15) is 0 Å². The normalized spacial score (nSPS) is 21.1. The van der Waals surface area contributed by atoms with E-state index in [1.807, 2.05) is 6.07 Å². The van der Waals surface area contributed by atoms with Crippen LogP contribution in [-0.4, -0.2) is 12.9 Å². The molecule has 0 bridgehead atoms. The molecule has 0 N–H and O–H groups in total. The second kappa shape index (κ2) is 4.72. The van der Waals surface area contributed by atoms with Gasteiger partial charge in [0.15, 0.2) is 6.23 Å². The van der Waals surface area contributed by atoms with Gasteiger partial charge < -0.3 is 0 Å². The molecule has 100 valence electrons. The number of benzene rings is 2. The summed E-state index contributed by atoms with van der Waals surface area (Å²) in [4.78, 5) is 5.35. The number of hydrogen-bond donors (Lipinski definition) is 0. The second-order valence-corrected chi connectivity index (χ2v) is 6.05. The lowest BCUT2D eigenvalue weighted by molar-refractivity contribution is 0.283. The minimum Gasteiger partial charge on any atom is -0.253 e. The molecular formula is C14H10N2O3S. The summed E-state index contributed by atoms with van der Waals surface area (Å²) in [5.41, 5.74) is 1.22. The van der Waals surface area contributed by atoms with Gasteiger partial charge in [0, 0.05) is 5.56 Å². The first-order valence-corrected chi connectivity index (χ1v) is 7.33. The van der Waals surface area contributed by atoms with Crippen LogP contribution in [0.3, 0.4) is 0 Å². The molecule has 0 spiro atoms. The zero-order chi connectivity index (χ0) is 14.2. The molecule has 1 heterocycles. The first-order valence-electron chi connectivity index (χ1n) is 5.89. The quantitative estimate of drug-likeness (QED) is 0.811. The SMILES string of the molecule is N#Cc1ccc(C2ON2S(=O)(=O)c2ccccc2)cc1. The first kappa shape index (κ1) is 12.8. The standard InChI is InChI=1S/C14H10N2O3S/c15-10-11-6-8-12(9-7-11)14-16(19-14)20(17,18)13-4-2-1-3-5-13/h1-9,14H. The number of rotatable bonds is 3. The Kier molecular flexibility index (Phi) is 3.03. The van der Waals surface area contributed by atoms with E-state index in [1.54, 1.807) is 42.5 Å². The van der Waals surface area contributed by atoms with Crippen molar-refractivity contribution in [1.29, 1.82) is 5.26 Å². The van der Waals surface area contributed by atoms with Crippen LogP contribution < -0.4 is 0 Å². The van der Waals surface area contributed by atoms with E-state index in [4.69, 9.17) is 10.1 Å². The van der Waals surface area contributed by atoms with E-state index in [1.165, 1.54) is 12.1 Å². The van der Waals surface area contributed by atoms with E-state index in [0.29, 0.717) is 11.1 Å². The van der Waals surface area contributed by atoms with Crippen LogP contribution in [0.2, 0.25) is 0 Å². The van der Waals surface area contributed by atoms with Crippen LogP contribution in [0, 0.1) is 11.3 Å². The maximum atomic E-state index is 12.2. The van der Waals surface area contributed by atoms with Gasteiger partial charge in [0.25, 0.3) is 10.0 Å². The van der Waals surface area contributed by atoms with Crippen LogP contribution >= 0.6 is 0 Å². The maximum absolute atomic E-state index is 12.2. The summed E-state index contributed by atoms with van der Waals surface area (Å²) in [5.74, 6) is 0. The number of hydrogen-bond acceptors (Lipinski definition) is 4. The predicted octanol–water partition coefficient (Wildman–Crippen LogP) is 2.19. The summed E-state index contributed by atoms with van der Waals surface area (Å²) in [6.07, 6.45) is -0.618. The molecule has 1 aliphatic heterocycles. The third-order valence-corrected chi connectivity index (χ3v) is 4.57. The molecule has 0 aromatic heterocycles. The van der Waals surface area contributed by atoms with Crippen LogP contribution in [0.4, 0.5) is 0 Å². The van der Waals surface area contributed by atoms with E-state index in [-0.39, 0.29) is 4.90 Å². The maximum Gasteiger partial charge on any atom is 0.267 e. The highest BCUT2D eigenvalue weighted by Crippen LogP contribution is 2.42. The third-order valence-electron chi connectivity index (χ3n) is 2.95. The highest BCUT2D eigenvalue weighted by molar-refractivity contribution is 7.89. The average Bonchev–Trinajstić information content (AvgIpc) is 3.29. The molecule has 1 fully saturated rings. The highest BCUT2D eigenvalue weighted by atomic mass is 32.2. The monoisotopic (exact) mass is 286 g/mol. The Morgan fingerprint density at radius 3 is 2.30 bits per heavy atom. The van der Waals surface area contributed by atoms with Gasteiger partial charge in [-0.2, -0.15) is 5.26 Å². The summed E-state index contributed by atoms with van der Waals surface area (Å²) < 4.78 is 25.5. The molecule has 2 atom stereocenters. The molecule has 2 unspecified atom stereocenters. The molecule has 5 nitrogen and oxygen atoms in total. The van der Waals surface area contributed by atoms with Crippen LogP contribution in [0.5, 0.6) is 0 Å². The van der Waals surface area contributed by atoms with E-state index >= 15 is 0 Å². The summed E-state index contributed by atoms with van der Waals surface area (Å²) in [7, 11) is -3.63. The lowest BCUT2D eigenvalue weighted by Gasteiger charge is -2.01. The van der Waals surface area contributed by atoms with Gasteiger partial charge >= 0.3 is 0 Å². The van der Waals surface area contributed by atoms with Crippen LogP contribution in [0.1, 0.15) is 17.4 Å². The van der Waals surface area contributed by atoms with Crippen molar-refractivity contribution in [2.45, 2.75) is 11.1 Å². The zero-order valence-electron chi connectivity index (χ0n) is 10.3. The molecule has 0 amide bonds. The van der Waals surface area contributed by atoms with E-state index in [9.17, 15) is 8.42 Å². The smallest absolute Gasteiger partial charge is 0.253 e. The Labute approximate surface area is 116 Å². The van der Waals surface area contributed by atoms with Gasteiger partial charge in [0.2, 0.25) is 0 Å². The molecule has 1 saturated heterocycles. The molecule has 0 saturated carbocycles. The topological polar surface area (TPSA) is 73.5 Å². The molecule has 2 aromatic carbocycles. The lowest BCUT2D eigenvalue weighted by Crippen LogP contribution is -2.12. The van der Waals surface area contributed by atoms with Gasteiger partial charge in [0.05, 0.1) is 16.5 Å². The van der Waals surface area contributed by atoms with Crippen molar-refractivity contribution in [3.63, 3.8) is 0 Å². The van der Waals surface area contributed by atoms with Crippen molar-refractivity contribution in [3.05, 3.63) is 65.7 Å². The van der Waals surface area contributed by atoms with Crippen LogP contribution in [0.25, 0.3) is 0 Å². The zero-order valence-corrected chi connectivity index (χ0v) is 11.1. The predicted molar refractivity (Wildman–Crippen MR) is 70.4 cm³/mol. The number of nitriles is 1. The molecule has 2 aromatic rings. The van der Waals surface area contributed by atoms with Crippen molar-refractivity contribution in [1.82, 2.24) is 4.47 Å². The van der Waals surface area contributed by atoms with Crippen molar-refractivity contribution in [3.8, 4) is 6.07 Å². The van der Waals surface area contributed by atoms with Gasteiger partial charge in [-0.15, -0.1) is 0 Å². The molecular weight excluding hydrogens is 276 g/mol. The Hall–Kier alpha value is -2.20. The lowest BCUT2D eigenvalue weighted by atomic mass is 10.1. The van der Waals surface area contributed by atoms with Gasteiger partial charge in [-0.05, 0) is 28.7 Å². The highest BCUT2D eigenvalue weighted by Gasteiger charge is 2.48. The minimum absolute atomic E-state index is 0.191. The fraction of sp³-hybridized carbons (Fsp3) is 0.0714. The molecule has 3 rings (SSSR count). The first-order chi connectivity index (χ1) is 9.63. The Bertz CT molecular complexity index is 764. The van der Waals surface area contributed by atoms with Crippen LogP contribution in [0.15, 0.2) is 59.5 Å². The molecule has 0 radical (unpaired) electrons. The van der Waals surface area contributed by atoms with E-state index in [0.717, 1.165) is 4.47 Å². The van der Waals surface area contributed by atoms with Gasteiger partial charge in [-0.3, -0.25) is 4.84 Å². The Morgan fingerprint density at radius 2 is 1.70 bits per heavy atom. The number of hydroxylamine groups is 1. The average molecular weight is 286 g/mol.